The molecule has 1 aliphatic carbocycles. The molecule has 2 aliphatic rings. The van der Waals surface area contributed by atoms with E-state index in [-0.39, 0.29) is 12.0 Å². The minimum absolute atomic E-state index is 0.193. The van der Waals surface area contributed by atoms with E-state index in [1.807, 2.05) is 6.07 Å². The van der Waals surface area contributed by atoms with Crippen LogP contribution in [0.2, 0.25) is 0 Å². The van der Waals surface area contributed by atoms with Gasteiger partial charge < -0.3 is 9.84 Å². The topological polar surface area (TPSA) is 29.5 Å². The summed E-state index contributed by atoms with van der Waals surface area (Å²) < 4.78 is 6.27. The standard InChI is InChI=1S/C19H26O2/c1-5-6-13-9-15(20)18-16(10-13)21-19-12(4)7-8-14(11(2)3)17(18)19/h9-10,12,14,17,19-20H,2,5-8H2,1,3-4H3/t12-,14+,17?,19?/m1/s1. The number of aromatic hydroxyl groups is 1. The van der Waals surface area contributed by atoms with Gasteiger partial charge in [0.2, 0.25) is 0 Å². The number of rotatable bonds is 3. The first kappa shape index (κ1) is 14.5. The Balaban J connectivity index is 2.05. The van der Waals surface area contributed by atoms with Gasteiger partial charge in [0.05, 0.1) is 0 Å². The van der Waals surface area contributed by atoms with Gasteiger partial charge in [-0.25, -0.2) is 0 Å². The molecule has 1 aromatic carbocycles. The molecule has 0 aromatic heterocycles. The van der Waals surface area contributed by atoms with Gasteiger partial charge in [0.15, 0.2) is 0 Å². The van der Waals surface area contributed by atoms with Crippen LogP contribution in [0.25, 0.3) is 0 Å². The van der Waals surface area contributed by atoms with E-state index in [4.69, 9.17) is 4.74 Å². The Morgan fingerprint density at radius 1 is 1.38 bits per heavy atom. The van der Waals surface area contributed by atoms with E-state index in [2.05, 4.69) is 33.4 Å². The lowest BCUT2D eigenvalue weighted by molar-refractivity contribution is 0.0864. The summed E-state index contributed by atoms with van der Waals surface area (Å²) in [5.74, 6) is 2.57. The Morgan fingerprint density at radius 2 is 2.14 bits per heavy atom. The molecule has 1 fully saturated rings. The molecule has 114 valence electrons. The van der Waals surface area contributed by atoms with Crippen molar-refractivity contribution in [2.45, 2.75) is 58.5 Å². The van der Waals surface area contributed by atoms with Crippen LogP contribution in [0.4, 0.5) is 0 Å². The van der Waals surface area contributed by atoms with Gasteiger partial charge in [-0.2, -0.15) is 0 Å². The zero-order chi connectivity index (χ0) is 15.1. The third-order valence-electron chi connectivity index (χ3n) is 5.23. The number of hydrogen-bond acceptors (Lipinski definition) is 2. The second kappa shape index (κ2) is 5.40. The van der Waals surface area contributed by atoms with Crippen LogP contribution in [0.1, 0.15) is 57.1 Å². The van der Waals surface area contributed by atoms with Crippen LogP contribution in [0.5, 0.6) is 11.5 Å². The molecule has 1 aliphatic heterocycles. The molecule has 2 nitrogen and oxygen atoms in total. The van der Waals surface area contributed by atoms with E-state index in [9.17, 15) is 5.11 Å². The normalized spacial score (nSPS) is 30.4. The Kier molecular flexibility index (Phi) is 3.73. The van der Waals surface area contributed by atoms with E-state index in [1.165, 1.54) is 17.6 Å². The summed E-state index contributed by atoms with van der Waals surface area (Å²) in [7, 11) is 0. The third kappa shape index (κ3) is 2.35. The van der Waals surface area contributed by atoms with Crippen molar-refractivity contribution in [3.8, 4) is 11.5 Å². The fourth-order valence-corrected chi connectivity index (χ4v) is 4.16. The van der Waals surface area contributed by atoms with Crippen molar-refractivity contribution >= 4 is 0 Å². The van der Waals surface area contributed by atoms with Crippen LogP contribution in [-0.2, 0) is 6.42 Å². The smallest absolute Gasteiger partial charge is 0.127 e. The van der Waals surface area contributed by atoms with Crippen LogP contribution < -0.4 is 4.74 Å². The van der Waals surface area contributed by atoms with E-state index < -0.39 is 0 Å². The van der Waals surface area contributed by atoms with Crippen molar-refractivity contribution in [2.24, 2.45) is 11.8 Å². The van der Waals surface area contributed by atoms with Crippen molar-refractivity contribution in [3.05, 3.63) is 35.4 Å². The zero-order valence-corrected chi connectivity index (χ0v) is 13.4. The van der Waals surface area contributed by atoms with Crippen molar-refractivity contribution in [3.63, 3.8) is 0 Å². The van der Waals surface area contributed by atoms with Gasteiger partial charge in [-0.1, -0.05) is 32.4 Å². The lowest BCUT2D eigenvalue weighted by atomic mass is 9.68. The lowest BCUT2D eigenvalue weighted by Crippen LogP contribution is -2.36. The van der Waals surface area contributed by atoms with Gasteiger partial charge in [0.25, 0.3) is 0 Å². The molecule has 2 unspecified atom stereocenters. The Hall–Kier alpha value is -1.44. The monoisotopic (exact) mass is 286 g/mol. The van der Waals surface area contributed by atoms with Gasteiger partial charge >= 0.3 is 0 Å². The molecule has 1 saturated carbocycles. The molecule has 3 rings (SSSR count). The molecule has 1 N–H and O–H groups in total. The van der Waals surface area contributed by atoms with Crippen molar-refractivity contribution in [1.82, 2.24) is 0 Å². The number of benzene rings is 1. The third-order valence-corrected chi connectivity index (χ3v) is 5.23. The molecule has 21 heavy (non-hydrogen) atoms. The Morgan fingerprint density at radius 3 is 2.81 bits per heavy atom. The molecule has 0 saturated heterocycles. The number of hydrogen-bond donors (Lipinski definition) is 1. The highest BCUT2D eigenvalue weighted by Crippen LogP contribution is 2.55. The Bertz CT molecular complexity index is 561. The molecule has 1 heterocycles. The first-order valence-electron chi connectivity index (χ1n) is 8.20. The number of ether oxygens (including phenoxy) is 1. The average molecular weight is 286 g/mol. The molecule has 4 atom stereocenters. The fraction of sp³-hybridized carbons (Fsp3) is 0.579. The van der Waals surface area contributed by atoms with Gasteiger partial charge in [0.1, 0.15) is 17.6 Å². The number of fused-ring (bicyclic) bond motifs is 3. The maximum Gasteiger partial charge on any atom is 0.127 e. The predicted molar refractivity (Wildman–Crippen MR) is 86.0 cm³/mol. The van der Waals surface area contributed by atoms with Crippen LogP contribution in [0.15, 0.2) is 24.3 Å². The summed E-state index contributed by atoms with van der Waals surface area (Å²) in [4.78, 5) is 0. The highest BCUT2D eigenvalue weighted by molar-refractivity contribution is 5.54. The van der Waals surface area contributed by atoms with Crippen LogP contribution in [-0.4, -0.2) is 11.2 Å². The van der Waals surface area contributed by atoms with Gasteiger partial charge in [-0.3, -0.25) is 0 Å². The number of allylic oxidation sites excluding steroid dienone is 1. The molecule has 1 aromatic rings. The van der Waals surface area contributed by atoms with Crippen molar-refractivity contribution in [2.75, 3.05) is 0 Å². The second-order valence-electron chi connectivity index (χ2n) is 6.89. The summed E-state index contributed by atoms with van der Waals surface area (Å²) in [6, 6.07) is 4.07. The molecular weight excluding hydrogens is 260 g/mol. The summed E-state index contributed by atoms with van der Waals surface area (Å²) in [5, 5.41) is 10.6. The number of aryl methyl sites for hydroxylation is 1. The van der Waals surface area contributed by atoms with Gasteiger partial charge in [-0.05, 0) is 55.7 Å². The molecular formula is C19H26O2. The van der Waals surface area contributed by atoms with E-state index in [1.54, 1.807) is 0 Å². The maximum absolute atomic E-state index is 10.6. The maximum atomic E-state index is 10.6. The summed E-state index contributed by atoms with van der Waals surface area (Å²) in [6.45, 7) is 10.7. The Labute approximate surface area is 127 Å². The fourth-order valence-electron chi connectivity index (χ4n) is 4.16. The van der Waals surface area contributed by atoms with Crippen LogP contribution in [0, 0.1) is 11.8 Å². The summed E-state index contributed by atoms with van der Waals surface area (Å²) in [5.41, 5.74) is 3.41. The predicted octanol–water partition coefficient (Wildman–Crippen LogP) is 4.81. The van der Waals surface area contributed by atoms with E-state index in [0.29, 0.717) is 17.6 Å². The highest BCUT2D eigenvalue weighted by atomic mass is 16.5. The second-order valence-corrected chi connectivity index (χ2v) is 6.89. The molecule has 0 bridgehead atoms. The minimum atomic E-state index is 0.193. The van der Waals surface area contributed by atoms with Crippen LogP contribution in [0.3, 0.4) is 0 Å². The van der Waals surface area contributed by atoms with Gasteiger partial charge in [0, 0.05) is 11.5 Å². The summed E-state index contributed by atoms with van der Waals surface area (Å²) in [6.07, 6.45) is 4.58. The first-order valence-corrected chi connectivity index (χ1v) is 8.20. The zero-order valence-electron chi connectivity index (χ0n) is 13.4. The highest BCUT2D eigenvalue weighted by Gasteiger charge is 2.47. The van der Waals surface area contributed by atoms with Gasteiger partial charge in [-0.15, -0.1) is 0 Å². The van der Waals surface area contributed by atoms with Crippen molar-refractivity contribution < 1.29 is 9.84 Å². The average Bonchev–Trinajstić information content (AvgIpc) is 2.79. The SMILES string of the molecule is C=C(C)[C@@H]1CC[C@@H](C)C2Oc3cc(CCC)cc(O)c3C21. The number of phenols is 1. The molecule has 2 heteroatoms. The van der Waals surface area contributed by atoms with E-state index in [0.717, 1.165) is 30.6 Å². The number of phenolic OH excluding ortho intramolecular Hbond substituents is 1. The van der Waals surface area contributed by atoms with Crippen molar-refractivity contribution in [1.29, 1.82) is 0 Å². The van der Waals surface area contributed by atoms with E-state index >= 15 is 0 Å². The minimum Gasteiger partial charge on any atom is -0.508 e. The quantitative estimate of drug-likeness (QED) is 0.808. The van der Waals surface area contributed by atoms with Crippen LogP contribution >= 0.6 is 0 Å². The molecule has 0 amide bonds. The first-order chi connectivity index (χ1) is 10.0. The molecule has 0 spiro atoms. The summed E-state index contributed by atoms with van der Waals surface area (Å²) >= 11 is 0. The lowest BCUT2D eigenvalue weighted by Gasteiger charge is -2.37. The largest absolute Gasteiger partial charge is 0.508 e. The molecule has 0 radical (unpaired) electrons.